The van der Waals surface area contributed by atoms with Crippen LogP contribution in [0.1, 0.15) is 30.0 Å². The molecule has 0 bridgehead atoms. The summed E-state index contributed by atoms with van der Waals surface area (Å²) in [5, 5.41) is 13.1. The van der Waals surface area contributed by atoms with E-state index in [0.29, 0.717) is 17.8 Å². The number of ether oxygens (including phenoxy) is 1. The second-order valence-electron chi connectivity index (χ2n) is 4.70. The first-order chi connectivity index (χ1) is 7.83. The number of aromatic hydroxyl groups is 1. The lowest BCUT2D eigenvalue weighted by atomic mass is 10.1. The number of phenolic OH excluding ortho intramolecular Hbond substituents is 1. The van der Waals surface area contributed by atoms with Gasteiger partial charge in [0, 0.05) is 18.7 Å². The molecular formula is C13H17NO2. The van der Waals surface area contributed by atoms with Crippen molar-refractivity contribution in [1.29, 1.82) is 0 Å². The first-order valence-electron chi connectivity index (χ1n) is 5.98. The lowest BCUT2D eigenvalue weighted by Gasteiger charge is -2.18. The molecule has 3 rings (SSSR count). The van der Waals surface area contributed by atoms with Crippen LogP contribution in [-0.4, -0.2) is 24.4 Å². The second kappa shape index (κ2) is 4.07. The number of hydrogen-bond acceptors (Lipinski definition) is 3. The molecule has 1 aliphatic heterocycles. The molecule has 2 unspecified atom stereocenters. The lowest BCUT2D eigenvalue weighted by molar-refractivity contribution is 0.188. The molecule has 2 N–H and O–H groups in total. The fourth-order valence-electron chi connectivity index (χ4n) is 2.73. The summed E-state index contributed by atoms with van der Waals surface area (Å²) in [7, 11) is 0. The topological polar surface area (TPSA) is 41.5 Å². The van der Waals surface area contributed by atoms with E-state index in [4.69, 9.17) is 4.74 Å². The zero-order valence-electron chi connectivity index (χ0n) is 9.28. The van der Waals surface area contributed by atoms with Gasteiger partial charge in [0.15, 0.2) is 0 Å². The van der Waals surface area contributed by atoms with Crippen molar-refractivity contribution in [3.63, 3.8) is 0 Å². The van der Waals surface area contributed by atoms with Crippen molar-refractivity contribution in [2.24, 2.45) is 0 Å². The van der Waals surface area contributed by atoms with Crippen LogP contribution in [0.5, 0.6) is 5.75 Å². The molecule has 1 heterocycles. The van der Waals surface area contributed by atoms with Crippen LogP contribution < -0.4 is 5.32 Å². The van der Waals surface area contributed by atoms with E-state index in [1.54, 1.807) is 6.07 Å². The highest BCUT2D eigenvalue weighted by molar-refractivity contribution is 5.40. The molecule has 1 aromatic rings. The van der Waals surface area contributed by atoms with Gasteiger partial charge in [-0.3, -0.25) is 0 Å². The van der Waals surface area contributed by atoms with Crippen LogP contribution in [0.15, 0.2) is 18.2 Å². The summed E-state index contributed by atoms with van der Waals surface area (Å²) in [5.74, 6) is 0.378. The molecule has 86 valence electrons. The first kappa shape index (κ1) is 10.1. The van der Waals surface area contributed by atoms with Crippen molar-refractivity contribution < 1.29 is 9.84 Å². The van der Waals surface area contributed by atoms with Crippen molar-refractivity contribution in [2.75, 3.05) is 13.2 Å². The maximum absolute atomic E-state index is 9.43. The third-order valence-electron chi connectivity index (χ3n) is 3.57. The predicted molar refractivity (Wildman–Crippen MR) is 61.5 cm³/mol. The molecular weight excluding hydrogens is 202 g/mol. The Hall–Kier alpha value is -1.06. The van der Waals surface area contributed by atoms with Gasteiger partial charge in [0.2, 0.25) is 0 Å². The van der Waals surface area contributed by atoms with Gasteiger partial charge < -0.3 is 15.2 Å². The Labute approximate surface area is 95.4 Å². The molecule has 1 saturated heterocycles. The zero-order valence-corrected chi connectivity index (χ0v) is 9.28. The molecule has 0 radical (unpaired) electrons. The molecule has 3 nitrogen and oxygen atoms in total. The minimum Gasteiger partial charge on any atom is -0.508 e. The smallest absolute Gasteiger partial charge is 0.115 e. The van der Waals surface area contributed by atoms with Gasteiger partial charge >= 0.3 is 0 Å². The molecule has 16 heavy (non-hydrogen) atoms. The summed E-state index contributed by atoms with van der Waals surface area (Å²) in [6.45, 7) is 1.72. The van der Waals surface area contributed by atoms with E-state index in [1.165, 1.54) is 11.1 Å². The summed E-state index contributed by atoms with van der Waals surface area (Å²) in [4.78, 5) is 0. The molecule has 2 aliphatic rings. The summed E-state index contributed by atoms with van der Waals surface area (Å²) in [6.07, 6.45) is 3.31. The second-order valence-corrected chi connectivity index (χ2v) is 4.70. The van der Waals surface area contributed by atoms with E-state index < -0.39 is 0 Å². The number of phenols is 1. The predicted octanol–water partition coefficient (Wildman–Crippen LogP) is 1.76. The summed E-state index contributed by atoms with van der Waals surface area (Å²) in [5.41, 5.74) is 2.64. The van der Waals surface area contributed by atoms with Gasteiger partial charge in [-0.05, 0) is 42.5 Å². The van der Waals surface area contributed by atoms with Crippen LogP contribution >= 0.6 is 0 Å². The minimum absolute atomic E-state index is 0.378. The molecule has 0 amide bonds. The maximum Gasteiger partial charge on any atom is 0.115 e. The monoisotopic (exact) mass is 219 g/mol. The standard InChI is InChI=1S/C13H17NO2/c15-11-2-3-12-9(7-11)1-4-13(12)14-10-5-6-16-8-10/h2-3,7,10,13-15H,1,4-6,8H2. The van der Waals surface area contributed by atoms with Crippen molar-refractivity contribution in [2.45, 2.75) is 31.3 Å². The third-order valence-corrected chi connectivity index (χ3v) is 3.57. The quantitative estimate of drug-likeness (QED) is 0.796. The molecule has 1 aromatic carbocycles. The van der Waals surface area contributed by atoms with Gasteiger partial charge in [0.05, 0.1) is 6.61 Å². The molecule has 0 spiro atoms. The van der Waals surface area contributed by atoms with Crippen molar-refractivity contribution in [1.82, 2.24) is 5.32 Å². The Morgan fingerprint density at radius 1 is 1.31 bits per heavy atom. The number of fused-ring (bicyclic) bond motifs is 1. The molecule has 1 aliphatic carbocycles. The average molecular weight is 219 g/mol. The van der Waals surface area contributed by atoms with E-state index in [0.717, 1.165) is 32.5 Å². The highest BCUT2D eigenvalue weighted by atomic mass is 16.5. The fourth-order valence-corrected chi connectivity index (χ4v) is 2.73. The van der Waals surface area contributed by atoms with Crippen molar-refractivity contribution in [3.05, 3.63) is 29.3 Å². The number of nitrogens with one attached hydrogen (secondary N) is 1. The molecule has 2 atom stereocenters. The van der Waals surface area contributed by atoms with E-state index in [1.807, 2.05) is 12.1 Å². The van der Waals surface area contributed by atoms with Crippen LogP contribution in [-0.2, 0) is 11.2 Å². The number of benzene rings is 1. The Morgan fingerprint density at radius 2 is 2.25 bits per heavy atom. The molecule has 1 fully saturated rings. The Morgan fingerprint density at radius 3 is 3.06 bits per heavy atom. The Balaban J connectivity index is 1.75. The zero-order chi connectivity index (χ0) is 11.0. The van der Waals surface area contributed by atoms with E-state index in [-0.39, 0.29) is 0 Å². The summed E-state index contributed by atoms with van der Waals surface area (Å²) < 4.78 is 5.37. The Kier molecular flexibility index (Phi) is 2.58. The van der Waals surface area contributed by atoms with Gasteiger partial charge in [-0.1, -0.05) is 6.07 Å². The van der Waals surface area contributed by atoms with Crippen LogP contribution in [0.25, 0.3) is 0 Å². The van der Waals surface area contributed by atoms with Crippen molar-refractivity contribution >= 4 is 0 Å². The Bertz CT molecular complexity index is 386. The molecule has 0 aromatic heterocycles. The van der Waals surface area contributed by atoms with E-state index in [9.17, 15) is 5.11 Å². The van der Waals surface area contributed by atoms with E-state index >= 15 is 0 Å². The largest absolute Gasteiger partial charge is 0.508 e. The number of aryl methyl sites for hydroxylation is 1. The number of rotatable bonds is 2. The third kappa shape index (κ3) is 1.81. The maximum atomic E-state index is 9.43. The highest BCUT2D eigenvalue weighted by Gasteiger charge is 2.26. The van der Waals surface area contributed by atoms with Crippen LogP contribution in [0, 0.1) is 0 Å². The normalized spacial score (nSPS) is 28.2. The SMILES string of the molecule is Oc1ccc2c(c1)CCC2NC1CCOC1. The van der Waals surface area contributed by atoms with Crippen LogP contribution in [0.3, 0.4) is 0 Å². The van der Waals surface area contributed by atoms with Gasteiger partial charge in [0.25, 0.3) is 0 Å². The number of hydrogen-bond donors (Lipinski definition) is 2. The van der Waals surface area contributed by atoms with Crippen molar-refractivity contribution in [3.8, 4) is 5.75 Å². The molecule has 0 saturated carbocycles. The van der Waals surface area contributed by atoms with Gasteiger partial charge in [0.1, 0.15) is 5.75 Å². The fraction of sp³-hybridized carbons (Fsp3) is 0.538. The summed E-state index contributed by atoms with van der Waals surface area (Å²) in [6, 6.07) is 6.67. The average Bonchev–Trinajstić information content (AvgIpc) is 2.89. The van der Waals surface area contributed by atoms with Gasteiger partial charge in [-0.15, -0.1) is 0 Å². The minimum atomic E-state index is 0.378. The lowest BCUT2D eigenvalue weighted by Crippen LogP contribution is -2.32. The highest BCUT2D eigenvalue weighted by Crippen LogP contribution is 2.33. The van der Waals surface area contributed by atoms with Crippen LogP contribution in [0.4, 0.5) is 0 Å². The van der Waals surface area contributed by atoms with Crippen LogP contribution in [0.2, 0.25) is 0 Å². The molecule has 3 heteroatoms. The van der Waals surface area contributed by atoms with Gasteiger partial charge in [-0.25, -0.2) is 0 Å². The van der Waals surface area contributed by atoms with Gasteiger partial charge in [-0.2, -0.15) is 0 Å². The summed E-state index contributed by atoms with van der Waals surface area (Å²) >= 11 is 0. The van der Waals surface area contributed by atoms with E-state index in [2.05, 4.69) is 5.32 Å². The first-order valence-corrected chi connectivity index (χ1v) is 5.98.